The maximum Gasteiger partial charge on any atom is 0.194 e. The summed E-state index contributed by atoms with van der Waals surface area (Å²) in [6.07, 6.45) is 0. The predicted octanol–water partition coefficient (Wildman–Crippen LogP) is 3.98. The number of carbonyl (C=O) groups excluding carboxylic acids is 1. The van der Waals surface area contributed by atoms with Gasteiger partial charge < -0.3 is 9.47 Å². The molecular formula is C17H15ClO3. The molecule has 0 amide bonds. The fraction of sp³-hybridized carbons (Fsp3) is 0.235. The van der Waals surface area contributed by atoms with Gasteiger partial charge in [-0.05, 0) is 30.3 Å². The molecule has 0 aromatic heterocycles. The molecule has 0 saturated heterocycles. The van der Waals surface area contributed by atoms with Crippen LogP contribution in [-0.4, -0.2) is 19.0 Å². The van der Waals surface area contributed by atoms with Crippen LogP contribution in [0.1, 0.15) is 22.8 Å². The topological polar surface area (TPSA) is 35.5 Å². The van der Waals surface area contributed by atoms with Gasteiger partial charge in [0, 0.05) is 17.0 Å². The van der Waals surface area contributed by atoms with Gasteiger partial charge in [0.05, 0.1) is 18.2 Å². The van der Waals surface area contributed by atoms with Crippen LogP contribution in [0.2, 0.25) is 5.02 Å². The Labute approximate surface area is 128 Å². The smallest absolute Gasteiger partial charge is 0.194 e. The van der Waals surface area contributed by atoms with Crippen LogP contribution in [0.15, 0.2) is 42.5 Å². The molecule has 4 heteroatoms. The molecule has 2 aromatic rings. The SMILES string of the molecule is CC1COc2ccc(C(=O)c3ccccc3Cl)cc2OC1. The van der Waals surface area contributed by atoms with E-state index in [9.17, 15) is 4.79 Å². The molecule has 1 heterocycles. The van der Waals surface area contributed by atoms with E-state index in [2.05, 4.69) is 6.92 Å². The number of hydrogen-bond acceptors (Lipinski definition) is 3. The predicted molar refractivity (Wildman–Crippen MR) is 81.5 cm³/mol. The third-order valence-electron chi connectivity index (χ3n) is 3.37. The Kier molecular flexibility index (Phi) is 3.84. The Balaban J connectivity index is 1.94. The van der Waals surface area contributed by atoms with Crippen molar-refractivity contribution in [2.45, 2.75) is 6.92 Å². The molecule has 3 rings (SSSR count). The van der Waals surface area contributed by atoms with E-state index in [1.165, 1.54) is 0 Å². The quantitative estimate of drug-likeness (QED) is 0.787. The van der Waals surface area contributed by atoms with E-state index in [0.717, 1.165) is 0 Å². The van der Waals surface area contributed by atoms with Gasteiger partial charge in [0.25, 0.3) is 0 Å². The largest absolute Gasteiger partial charge is 0.489 e. The van der Waals surface area contributed by atoms with Gasteiger partial charge in [-0.15, -0.1) is 0 Å². The van der Waals surface area contributed by atoms with Crippen molar-refractivity contribution in [1.29, 1.82) is 0 Å². The third kappa shape index (κ3) is 2.88. The molecule has 1 aliphatic rings. The average molecular weight is 303 g/mol. The van der Waals surface area contributed by atoms with Gasteiger partial charge >= 0.3 is 0 Å². The molecule has 108 valence electrons. The van der Waals surface area contributed by atoms with Gasteiger partial charge in [0.1, 0.15) is 0 Å². The van der Waals surface area contributed by atoms with E-state index in [1.807, 2.05) is 0 Å². The lowest BCUT2D eigenvalue weighted by Crippen LogP contribution is -2.12. The Hall–Kier alpha value is -2.00. The van der Waals surface area contributed by atoms with Gasteiger partial charge in [-0.3, -0.25) is 4.79 Å². The molecule has 0 saturated carbocycles. The van der Waals surface area contributed by atoms with Gasteiger partial charge in [-0.1, -0.05) is 30.7 Å². The summed E-state index contributed by atoms with van der Waals surface area (Å²) in [6, 6.07) is 12.3. The Morgan fingerprint density at radius 1 is 1.10 bits per heavy atom. The van der Waals surface area contributed by atoms with Gasteiger partial charge in [0.15, 0.2) is 17.3 Å². The summed E-state index contributed by atoms with van der Waals surface area (Å²) < 4.78 is 11.4. The second kappa shape index (κ2) is 5.78. The Morgan fingerprint density at radius 3 is 2.57 bits per heavy atom. The monoisotopic (exact) mass is 302 g/mol. The molecule has 0 bridgehead atoms. The van der Waals surface area contributed by atoms with Crippen molar-refractivity contribution >= 4 is 17.4 Å². The lowest BCUT2D eigenvalue weighted by atomic mass is 10.0. The molecule has 0 radical (unpaired) electrons. The van der Waals surface area contributed by atoms with Crippen LogP contribution in [0.5, 0.6) is 11.5 Å². The van der Waals surface area contributed by atoms with Crippen LogP contribution >= 0.6 is 11.6 Å². The highest BCUT2D eigenvalue weighted by Crippen LogP contribution is 2.32. The zero-order chi connectivity index (χ0) is 14.8. The highest BCUT2D eigenvalue weighted by molar-refractivity contribution is 6.35. The van der Waals surface area contributed by atoms with Crippen LogP contribution in [0.25, 0.3) is 0 Å². The number of ketones is 1. The molecule has 1 unspecified atom stereocenters. The lowest BCUT2D eigenvalue weighted by Gasteiger charge is -2.09. The summed E-state index contributed by atoms with van der Waals surface area (Å²) in [6.45, 7) is 3.25. The van der Waals surface area contributed by atoms with E-state index >= 15 is 0 Å². The number of hydrogen-bond donors (Lipinski definition) is 0. The fourth-order valence-electron chi connectivity index (χ4n) is 2.19. The molecule has 3 nitrogen and oxygen atoms in total. The molecule has 1 atom stereocenters. The van der Waals surface area contributed by atoms with Crippen molar-refractivity contribution in [1.82, 2.24) is 0 Å². The van der Waals surface area contributed by atoms with Gasteiger partial charge in [-0.25, -0.2) is 0 Å². The maximum absolute atomic E-state index is 12.5. The summed E-state index contributed by atoms with van der Waals surface area (Å²) in [5.74, 6) is 1.48. The van der Waals surface area contributed by atoms with Crippen LogP contribution < -0.4 is 9.47 Å². The summed E-state index contributed by atoms with van der Waals surface area (Å²) in [4.78, 5) is 12.5. The number of halogens is 1. The zero-order valence-electron chi connectivity index (χ0n) is 11.6. The first kappa shape index (κ1) is 14.0. The number of ether oxygens (including phenoxy) is 2. The van der Waals surface area contributed by atoms with Crippen molar-refractivity contribution in [3.63, 3.8) is 0 Å². The highest BCUT2D eigenvalue weighted by atomic mass is 35.5. The van der Waals surface area contributed by atoms with E-state index in [1.54, 1.807) is 42.5 Å². The molecule has 0 aliphatic carbocycles. The highest BCUT2D eigenvalue weighted by Gasteiger charge is 2.18. The number of carbonyl (C=O) groups is 1. The third-order valence-corrected chi connectivity index (χ3v) is 3.70. The number of benzene rings is 2. The van der Waals surface area contributed by atoms with E-state index in [-0.39, 0.29) is 5.78 Å². The second-order valence-corrected chi connectivity index (χ2v) is 5.60. The van der Waals surface area contributed by atoms with Crippen LogP contribution in [0.3, 0.4) is 0 Å². The zero-order valence-corrected chi connectivity index (χ0v) is 12.4. The van der Waals surface area contributed by atoms with Crippen molar-refractivity contribution in [2.24, 2.45) is 5.92 Å². The van der Waals surface area contributed by atoms with Crippen LogP contribution in [-0.2, 0) is 0 Å². The van der Waals surface area contributed by atoms with Crippen LogP contribution in [0.4, 0.5) is 0 Å². The summed E-state index contributed by atoms with van der Waals surface area (Å²) in [7, 11) is 0. The fourth-order valence-corrected chi connectivity index (χ4v) is 2.42. The first-order valence-corrected chi connectivity index (χ1v) is 7.22. The number of fused-ring (bicyclic) bond motifs is 1. The van der Waals surface area contributed by atoms with Gasteiger partial charge in [0.2, 0.25) is 0 Å². The summed E-state index contributed by atoms with van der Waals surface area (Å²) >= 11 is 6.08. The van der Waals surface area contributed by atoms with Crippen molar-refractivity contribution in [3.05, 3.63) is 58.6 Å². The standard InChI is InChI=1S/C17H15ClO3/c1-11-9-20-15-7-6-12(8-16(15)21-10-11)17(19)13-4-2-3-5-14(13)18/h2-8,11H,9-10H2,1H3. The minimum Gasteiger partial charge on any atom is -0.489 e. The van der Waals surface area contributed by atoms with Crippen LogP contribution in [0, 0.1) is 5.92 Å². The van der Waals surface area contributed by atoms with E-state index < -0.39 is 0 Å². The normalized spacial score (nSPS) is 17.1. The van der Waals surface area contributed by atoms with E-state index in [0.29, 0.717) is 46.8 Å². The van der Waals surface area contributed by atoms with Crippen molar-refractivity contribution < 1.29 is 14.3 Å². The summed E-state index contributed by atoms with van der Waals surface area (Å²) in [5, 5.41) is 0.447. The first-order valence-electron chi connectivity index (χ1n) is 6.84. The Bertz CT molecular complexity index is 681. The van der Waals surface area contributed by atoms with E-state index in [4.69, 9.17) is 21.1 Å². The Morgan fingerprint density at radius 2 is 1.81 bits per heavy atom. The first-order chi connectivity index (χ1) is 10.1. The molecule has 0 fully saturated rings. The molecule has 0 spiro atoms. The molecular weight excluding hydrogens is 288 g/mol. The van der Waals surface area contributed by atoms with Crippen molar-refractivity contribution in [2.75, 3.05) is 13.2 Å². The maximum atomic E-state index is 12.5. The average Bonchev–Trinajstić information content (AvgIpc) is 2.69. The molecule has 2 aromatic carbocycles. The minimum absolute atomic E-state index is 0.121. The molecule has 0 N–H and O–H groups in total. The summed E-state index contributed by atoms with van der Waals surface area (Å²) in [5.41, 5.74) is 1.03. The van der Waals surface area contributed by atoms with Crippen molar-refractivity contribution in [3.8, 4) is 11.5 Å². The van der Waals surface area contributed by atoms with Gasteiger partial charge in [-0.2, -0.15) is 0 Å². The molecule has 21 heavy (non-hydrogen) atoms. The second-order valence-electron chi connectivity index (χ2n) is 5.20. The molecule has 1 aliphatic heterocycles. The minimum atomic E-state index is -0.121. The number of rotatable bonds is 2. The lowest BCUT2D eigenvalue weighted by molar-refractivity contribution is 0.103.